The minimum atomic E-state index is -0.0770. The van der Waals surface area contributed by atoms with Crippen molar-refractivity contribution in [2.75, 3.05) is 0 Å². The first-order chi connectivity index (χ1) is 12.5. The Morgan fingerprint density at radius 1 is 1.19 bits per heavy atom. The van der Waals surface area contributed by atoms with E-state index in [4.69, 9.17) is 4.42 Å². The van der Waals surface area contributed by atoms with Gasteiger partial charge in [-0.05, 0) is 49.6 Å². The van der Waals surface area contributed by atoms with Crippen LogP contribution in [0, 0.1) is 13.8 Å². The van der Waals surface area contributed by atoms with Crippen molar-refractivity contribution in [2.24, 2.45) is 0 Å². The van der Waals surface area contributed by atoms with Crippen LogP contribution in [0.1, 0.15) is 42.0 Å². The lowest BCUT2D eigenvalue weighted by Crippen LogP contribution is -2.26. The van der Waals surface area contributed by atoms with E-state index in [0.717, 1.165) is 16.9 Å². The molecule has 0 saturated carbocycles. The highest BCUT2D eigenvalue weighted by Crippen LogP contribution is 2.23. The number of benzene rings is 1. The number of pyridine rings is 1. The SMILES string of the molecule is Cc1ccc(-c2cnc(CCC(=O)NC(C)c3cccnc3)o2)cc1C. The number of carbonyl (C=O) groups is 1. The van der Waals surface area contributed by atoms with Gasteiger partial charge in [0, 0.05) is 30.8 Å². The number of nitrogens with one attached hydrogen (secondary N) is 1. The maximum Gasteiger partial charge on any atom is 0.220 e. The first kappa shape index (κ1) is 17.9. The molecular weight excluding hydrogens is 326 g/mol. The summed E-state index contributed by atoms with van der Waals surface area (Å²) in [5, 5.41) is 2.97. The lowest BCUT2D eigenvalue weighted by Gasteiger charge is -2.13. The van der Waals surface area contributed by atoms with Gasteiger partial charge in [-0.2, -0.15) is 0 Å². The monoisotopic (exact) mass is 349 g/mol. The molecule has 3 aromatic rings. The lowest BCUT2D eigenvalue weighted by molar-refractivity contribution is -0.121. The number of hydrogen-bond acceptors (Lipinski definition) is 4. The summed E-state index contributed by atoms with van der Waals surface area (Å²) in [7, 11) is 0. The number of nitrogens with zero attached hydrogens (tertiary/aromatic N) is 2. The van der Waals surface area contributed by atoms with Crippen LogP contribution in [0.3, 0.4) is 0 Å². The van der Waals surface area contributed by atoms with Crippen LogP contribution in [-0.4, -0.2) is 15.9 Å². The fourth-order valence-corrected chi connectivity index (χ4v) is 2.70. The molecule has 3 rings (SSSR count). The Labute approximate surface area is 153 Å². The molecular formula is C21H23N3O2. The van der Waals surface area contributed by atoms with Gasteiger partial charge in [-0.15, -0.1) is 0 Å². The third-order valence-electron chi connectivity index (χ3n) is 4.47. The van der Waals surface area contributed by atoms with Crippen molar-refractivity contribution in [3.8, 4) is 11.3 Å². The molecule has 2 aromatic heterocycles. The van der Waals surface area contributed by atoms with Crippen LogP contribution in [0.5, 0.6) is 0 Å². The number of hydrogen-bond donors (Lipinski definition) is 1. The van der Waals surface area contributed by atoms with Crippen LogP contribution < -0.4 is 5.32 Å². The second kappa shape index (κ2) is 7.95. The minimum Gasteiger partial charge on any atom is -0.441 e. The zero-order valence-corrected chi connectivity index (χ0v) is 15.3. The summed E-state index contributed by atoms with van der Waals surface area (Å²) in [6.45, 7) is 6.10. The minimum absolute atomic E-state index is 0.0349. The van der Waals surface area contributed by atoms with Crippen molar-refractivity contribution in [2.45, 2.75) is 39.7 Å². The molecule has 5 heteroatoms. The van der Waals surface area contributed by atoms with Crippen LogP contribution in [0.2, 0.25) is 0 Å². The topological polar surface area (TPSA) is 68.0 Å². The van der Waals surface area contributed by atoms with Gasteiger partial charge in [-0.1, -0.05) is 18.2 Å². The molecule has 1 unspecified atom stereocenters. The summed E-state index contributed by atoms with van der Waals surface area (Å²) in [6.07, 6.45) is 5.99. The zero-order chi connectivity index (χ0) is 18.5. The third-order valence-corrected chi connectivity index (χ3v) is 4.47. The van der Waals surface area contributed by atoms with Gasteiger partial charge in [0.2, 0.25) is 5.91 Å². The maximum absolute atomic E-state index is 12.2. The number of aryl methyl sites for hydroxylation is 3. The molecule has 134 valence electrons. The molecule has 0 fully saturated rings. The quantitative estimate of drug-likeness (QED) is 0.725. The number of carbonyl (C=O) groups excluding carboxylic acids is 1. The molecule has 0 spiro atoms. The summed E-state index contributed by atoms with van der Waals surface area (Å²) in [4.78, 5) is 20.5. The fourth-order valence-electron chi connectivity index (χ4n) is 2.70. The van der Waals surface area contributed by atoms with Crippen molar-refractivity contribution >= 4 is 5.91 Å². The Hall–Kier alpha value is -2.95. The molecule has 0 radical (unpaired) electrons. The Balaban J connectivity index is 1.56. The highest BCUT2D eigenvalue weighted by molar-refractivity contribution is 5.76. The summed E-state index contributed by atoms with van der Waals surface area (Å²) < 4.78 is 5.80. The highest BCUT2D eigenvalue weighted by Gasteiger charge is 2.12. The second-order valence-electron chi connectivity index (χ2n) is 6.49. The van der Waals surface area contributed by atoms with Gasteiger partial charge in [0.25, 0.3) is 0 Å². The molecule has 26 heavy (non-hydrogen) atoms. The lowest BCUT2D eigenvalue weighted by atomic mass is 10.1. The van der Waals surface area contributed by atoms with E-state index in [-0.39, 0.29) is 11.9 Å². The normalized spacial score (nSPS) is 12.0. The van der Waals surface area contributed by atoms with Gasteiger partial charge in [-0.3, -0.25) is 9.78 Å². The smallest absolute Gasteiger partial charge is 0.220 e. The molecule has 1 amide bonds. The van der Waals surface area contributed by atoms with E-state index in [0.29, 0.717) is 18.7 Å². The van der Waals surface area contributed by atoms with Crippen molar-refractivity contribution < 1.29 is 9.21 Å². The summed E-state index contributed by atoms with van der Waals surface area (Å²) in [5.74, 6) is 1.27. The Bertz CT molecular complexity index is 887. The average Bonchev–Trinajstić information content (AvgIpc) is 3.12. The average molecular weight is 349 g/mol. The molecule has 2 heterocycles. The molecule has 1 aromatic carbocycles. The molecule has 1 atom stereocenters. The Morgan fingerprint density at radius 2 is 2.04 bits per heavy atom. The molecule has 0 aliphatic carbocycles. The van der Waals surface area contributed by atoms with E-state index in [1.54, 1.807) is 18.6 Å². The van der Waals surface area contributed by atoms with E-state index >= 15 is 0 Å². The molecule has 5 nitrogen and oxygen atoms in total. The predicted octanol–water partition coefficient (Wildman–Crippen LogP) is 4.16. The van der Waals surface area contributed by atoms with Crippen molar-refractivity contribution in [1.29, 1.82) is 0 Å². The Kier molecular flexibility index (Phi) is 5.46. The van der Waals surface area contributed by atoms with Crippen molar-refractivity contribution in [1.82, 2.24) is 15.3 Å². The molecule has 1 N–H and O–H groups in total. The van der Waals surface area contributed by atoms with Crippen LogP contribution in [0.25, 0.3) is 11.3 Å². The van der Waals surface area contributed by atoms with Gasteiger partial charge < -0.3 is 9.73 Å². The van der Waals surface area contributed by atoms with Crippen molar-refractivity contribution in [3.63, 3.8) is 0 Å². The largest absolute Gasteiger partial charge is 0.441 e. The first-order valence-electron chi connectivity index (χ1n) is 8.74. The number of rotatable bonds is 6. The number of amides is 1. The van der Waals surface area contributed by atoms with Gasteiger partial charge in [0.1, 0.15) is 0 Å². The van der Waals surface area contributed by atoms with Crippen molar-refractivity contribution in [3.05, 3.63) is 71.5 Å². The number of aromatic nitrogens is 2. The number of oxazole rings is 1. The van der Waals surface area contributed by atoms with E-state index in [1.807, 2.05) is 25.1 Å². The van der Waals surface area contributed by atoms with Crippen LogP contribution in [0.15, 0.2) is 53.3 Å². The second-order valence-corrected chi connectivity index (χ2v) is 6.49. The highest BCUT2D eigenvalue weighted by atomic mass is 16.4. The van der Waals surface area contributed by atoms with Crippen LogP contribution >= 0.6 is 0 Å². The summed E-state index contributed by atoms with van der Waals surface area (Å²) >= 11 is 0. The van der Waals surface area contributed by atoms with E-state index in [1.165, 1.54) is 11.1 Å². The van der Waals surface area contributed by atoms with E-state index in [9.17, 15) is 4.79 Å². The summed E-state index contributed by atoms with van der Waals surface area (Å²) in [6, 6.07) is 9.91. The van der Waals surface area contributed by atoms with Crippen LogP contribution in [-0.2, 0) is 11.2 Å². The van der Waals surface area contributed by atoms with Gasteiger partial charge in [0.05, 0.1) is 12.2 Å². The standard InChI is InChI=1S/C21H23N3O2/c1-14-6-7-17(11-15(14)2)19-13-23-21(26-19)9-8-20(25)24-16(3)18-5-4-10-22-12-18/h4-7,10-13,16H,8-9H2,1-3H3,(H,24,25). The fraction of sp³-hybridized carbons (Fsp3) is 0.286. The van der Waals surface area contributed by atoms with Gasteiger partial charge in [-0.25, -0.2) is 4.98 Å². The molecule has 0 aliphatic rings. The third kappa shape index (κ3) is 4.36. The predicted molar refractivity (Wildman–Crippen MR) is 101 cm³/mol. The molecule has 0 saturated heterocycles. The maximum atomic E-state index is 12.2. The summed E-state index contributed by atoms with van der Waals surface area (Å²) in [5.41, 5.74) is 4.44. The Morgan fingerprint density at radius 3 is 2.77 bits per heavy atom. The van der Waals surface area contributed by atoms with Gasteiger partial charge >= 0.3 is 0 Å². The van der Waals surface area contributed by atoms with Crippen LogP contribution in [0.4, 0.5) is 0 Å². The van der Waals surface area contributed by atoms with E-state index < -0.39 is 0 Å². The zero-order valence-electron chi connectivity index (χ0n) is 15.3. The molecule has 0 aliphatic heterocycles. The first-order valence-corrected chi connectivity index (χ1v) is 8.74. The molecule has 0 bridgehead atoms. The van der Waals surface area contributed by atoms with Gasteiger partial charge in [0.15, 0.2) is 11.7 Å². The van der Waals surface area contributed by atoms with E-state index in [2.05, 4.69) is 41.3 Å².